The third kappa shape index (κ3) is 4.36. The molecule has 2 N–H and O–H groups in total. The number of nitrogens with zero attached hydrogens (tertiary/aromatic N) is 4. The molecule has 1 aliphatic heterocycles. The fourth-order valence-electron chi connectivity index (χ4n) is 3.33. The molecule has 7 nitrogen and oxygen atoms in total. The van der Waals surface area contributed by atoms with Crippen molar-refractivity contribution in [2.24, 2.45) is 5.92 Å². The third-order valence-electron chi connectivity index (χ3n) is 5.40. The number of benzene rings is 1. The third-order valence-corrected chi connectivity index (χ3v) is 5.40. The summed E-state index contributed by atoms with van der Waals surface area (Å²) in [6.07, 6.45) is 3.09. The Hall–Kier alpha value is -2.67. The minimum absolute atomic E-state index is 0.0516. The van der Waals surface area contributed by atoms with Crippen molar-refractivity contribution in [3.8, 4) is 0 Å². The van der Waals surface area contributed by atoms with Crippen molar-refractivity contribution >= 4 is 28.9 Å². The van der Waals surface area contributed by atoms with E-state index in [-0.39, 0.29) is 11.8 Å². The second-order valence-corrected chi connectivity index (χ2v) is 7.38. The molecule has 2 fully saturated rings. The minimum atomic E-state index is 0.0516. The number of hydrogen-bond acceptors (Lipinski definition) is 6. The van der Waals surface area contributed by atoms with E-state index < -0.39 is 0 Å². The first-order valence-corrected chi connectivity index (χ1v) is 9.62. The molecule has 1 aliphatic carbocycles. The highest BCUT2D eigenvalue weighted by Gasteiger charge is 2.25. The lowest BCUT2D eigenvalue weighted by atomic mass is 9.85. The zero-order chi connectivity index (χ0) is 18.6. The van der Waals surface area contributed by atoms with Gasteiger partial charge in [0.1, 0.15) is 0 Å². The monoisotopic (exact) mass is 366 g/mol. The molecule has 0 bridgehead atoms. The summed E-state index contributed by atoms with van der Waals surface area (Å²) in [5.41, 5.74) is 2.21. The summed E-state index contributed by atoms with van der Waals surface area (Å²) in [7, 11) is 2.16. The summed E-state index contributed by atoms with van der Waals surface area (Å²) in [5, 5.41) is 14.3. The van der Waals surface area contributed by atoms with Crippen LogP contribution in [0.5, 0.6) is 0 Å². The van der Waals surface area contributed by atoms with Gasteiger partial charge in [-0.25, -0.2) is 0 Å². The summed E-state index contributed by atoms with van der Waals surface area (Å²) in [4.78, 5) is 16.7. The SMILES string of the molecule is CN1CCN(c2ccc(Nc3ccc(NC(=O)C4CCC4)nn3)cc2)CC1. The average molecular weight is 366 g/mol. The molecule has 1 aromatic heterocycles. The molecule has 2 aliphatic rings. The van der Waals surface area contributed by atoms with Gasteiger partial charge >= 0.3 is 0 Å². The number of amides is 1. The Morgan fingerprint density at radius 3 is 2.22 bits per heavy atom. The smallest absolute Gasteiger partial charge is 0.228 e. The Balaban J connectivity index is 1.32. The van der Waals surface area contributed by atoms with Crippen LogP contribution in [0.2, 0.25) is 0 Å². The topological polar surface area (TPSA) is 73.4 Å². The van der Waals surface area contributed by atoms with Crippen molar-refractivity contribution in [2.75, 3.05) is 48.8 Å². The van der Waals surface area contributed by atoms with E-state index in [0.717, 1.165) is 51.1 Å². The quantitative estimate of drug-likeness (QED) is 0.848. The molecule has 0 spiro atoms. The molecule has 0 atom stereocenters. The zero-order valence-corrected chi connectivity index (χ0v) is 15.7. The Bertz CT molecular complexity index is 764. The Morgan fingerprint density at radius 1 is 0.963 bits per heavy atom. The number of piperazine rings is 1. The molecule has 4 rings (SSSR count). The fourth-order valence-corrected chi connectivity index (χ4v) is 3.33. The lowest BCUT2D eigenvalue weighted by Crippen LogP contribution is -2.44. The predicted octanol–water partition coefficient (Wildman–Crippen LogP) is 2.71. The summed E-state index contributed by atoms with van der Waals surface area (Å²) in [6, 6.07) is 12.0. The lowest BCUT2D eigenvalue weighted by Gasteiger charge is -2.34. The van der Waals surface area contributed by atoms with Crippen LogP contribution in [0.4, 0.5) is 23.0 Å². The maximum atomic E-state index is 11.9. The van der Waals surface area contributed by atoms with E-state index in [2.05, 4.69) is 61.9 Å². The summed E-state index contributed by atoms with van der Waals surface area (Å²) < 4.78 is 0. The van der Waals surface area contributed by atoms with Crippen LogP contribution in [0.3, 0.4) is 0 Å². The van der Waals surface area contributed by atoms with Crippen LogP contribution in [-0.4, -0.2) is 54.2 Å². The first kappa shape index (κ1) is 17.7. The second-order valence-electron chi connectivity index (χ2n) is 7.38. The lowest BCUT2D eigenvalue weighted by molar-refractivity contribution is -0.122. The van der Waals surface area contributed by atoms with Gasteiger partial charge in [0, 0.05) is 43.5 Å². The van der Waals surface area contributed by atoms with Crippen molar-refractivity contribution < 1.29 is 4.79 Å². The number of carbonyl (C=O) groups excluding carboxylic acids is 1. The fraction of sp³-hybridized carbons (Fsp3) is 0.450. The largest absolute Gasteiger partial charge is 0.369 e. The normalized spacial score (nSPS) is 18.0. The first-order chi connectivity index (χ1) is 13.2. The summed E-state index contributed by atoms with van der Waals surface area (Å²) in [6.45, 7) is 4.31. The number of likely N-dealkylation sites (N-methyl/N-ethyl adjacent to an activating group) is 1. The van der Waals surface area contributed by atoms with Crippen LogP contribution in [0.25, 0.3) is 0 Å². The minimum Gasteiger partial charge on any atom is -0.369 e. The van der Waals surface area contributed by atoms with E-state index in [1.54, 1.807) is 6.07 Å². The van der Waals surface area contributed by atoms with Crippen molar-refractivity contribution in [3.63, 3.8) is 0 Å². The van der Waals surface area contributed by atoms with Crippen molar-refractivity contribution in [1.29, 1.82) is 0 Å². The number of aromatic nitrogens is 2. The number of hydrogen-bond donors (Lipinski definition) is 2. The van der Waals surface area contributed by atoms with Gasteiger partial charge in [-0.1, -0.05) is 6.42 Å². The number of nitrogens with one attached hydrogen (secondary N) is 2. The van der Waals surface area contributed by atoms with E-state index >= 15 is 0 Å². The molecule has 1 saturated heterocycles. The molecule has 7 heteroatoms. The van der Waals surface area contributed by atoms with E-state index in [1.807, 2.05) is 6.07 Å². The van der Waals surface area contributed by atoms with E-state index in [0.29, 0.717) is 11.6 Å². The molecule has 2 aromatic rings. The first-order valence-electron chi connectivity index (χ1n) is 9.62. The molecule has 1 aromatic carbocycles. The van der Waals surface area contributed by atoms with Crippen LogP contribution in [0.1, 0.15) is 19.3 Å². The highest BCUT2D eigenvalue weighted by atomic mass is 16.2. The molecule has 0 radical (unpaired) electrons. The molecule has 142 valence electrons. The van der Waals surface area contributed by atoms with E-state index in [4.69, 9.17) is 0 Å². The van der Waals surface area contributed by atoms with Crippen molar-refractivity contribution in [2.45, 2.75) is 19.3 Å². The van der Waals surface area contributed by atoms with Gasteiger partial charge in [0.15, 0.2) is 11.6 Å². The van der Waals surface area contributed by atoms with Crippen LogP contribution in [0.15, 0.2) is 36.4 Å². The Morgan fingerprint density at radius 2 is 1.63 bits per heavy atom. The standard InChI is InChI=1S/C20H26N6O/c1-25-11-13-26(14-12-25)17-7-5-16(6-8-17)21-18-9-10-19(24-23-18)22-20(27)15-3-2-4-15/h5-10,15H,2-4,11-14H2,1H3,(H,21,23)(H,22,24,27). The maximum Gasteiger partial charge on any atom is 0.228 e. The van der Waals surface area contributed by atoms with Crippen LogP contribution < -0.4 is 15.5 Å². The van der Waals surface area contributed by atoms with Crippen molar-refractivity contribution in [1.82, 2.24) is 15.1 Å². The van der Waals surface area contributed by atoms with Crippen LogP contribution in [-0.2, 0) is 4.79 Å². The van der Waals surface area contributed by atoms with Gasteiger partial charge in [-0.15, -0.1) is 10.2 Å². The van der Waals surface area contributed by atoms with Crippen LogP contribution in [0, 0.1) is 5.92 Å². The van der Waals surface area contributed by atoms with Gasteiger partial charge in [0.05, 0.1) is 0 Å². The van der Waals surface area contributed by atoms with Gasteiger partial charge in [-0.3, -0.25) is 4.79 Å². The number of anilines is 4. The predicted molar refractivity (Wildman–Crippen MR) is 107 cm³/mol. The van der Waals surface area contributed by atoms with Gasteiger partial charge in [-0.2, -0.15) is 0 Å². The molecule has 1 saturated carbocycles. The molecule has 0 unspecified atom stereocenters. The molecule has 1 amide bonds. The molecule has 2 heterocycles. The average Bonchev–Trinajstić information content (AvgIpc) is 2.63. The number of carbonyl (C=O) groups is 1. The Labute approximate surface area is 159 Å². The highest BCUT2D eigenvalue weighted by Crippen LogP contribution is 2.27. The molecular weight excluding hydrogens is 340 g/mol. The van der Waals surface area contributed by atoms with E-state index in [1.165, 1.54) is 5.69 Å². The van der Waals surface area contributed by atoms with Crippen molar-refractivity contribution in [3.05, 3.63) is 36.4 Å². The van der Waals surface area contributed by atoms with Gasteiger partial charge in [0.2, 0.25) is 5.91 Å². The van der Waals surface area contributed by atoms with Gasteiger partial charge in [0.25, 0.3) is 0 Å². The molecular formula is C20H26N6O. The zero-order valence-electron chi connectivity index (χ0n) is 15.7. The Kier molecular flexibility index (Phi) is 5.20. The van der Waals surface area contributed by atoms with Gasteiger partial charge < -0.3 is 20.4 Å². The number of rotatable bonds is 5. The summed E-state index contributed by atoms with van der Waals surface area (Å²) >= 11 is 0. The van der Waals surface area contributed by atoms with Crippen LogP contribution >= 0.6 is 0 Å². The van der Waals surface area contributed by atoms with E-state index in [9.17, 15) is 4.79 Å². The van der Waals surface area contributed by atoms with Gasteiger partial charge in [-0.05, 0) is 56.3 Å². The second kappa shape index (κ2) is 7.92. The maximum absolute atomic E-state index is 11.9. The highest BCUT2D eigenvalue weighted by molar-refractivity contribution is 5.92. The molecule has 27 heavy (non-hydrogen) atoms. The summed E-state index contributed by atoms with van der Waals surface area (Å²) in [5.74, 6) is 1.35.